The molecule has 1 heteroatoms. The highest BCUT2D eigenvalue weighted by Crippen LogP contribution is 2.32. The molecule has 4 rings (SSSR count). The van der Waals surface area contributed by atoms with E-state index in [4.69, 9.17) is 4.74 Å². The number of fused-ring (bicyclic) bond motifs is 1. The van der Waals surface area contributed by atoms with E-state index in [9.17, 15) is 0 Å². The Balaban J connectivity index is 1.76. The summed E-state index contributed by atoms with van der Waals surface area (Å²) in [6.07, 6.45) is 0. The third-order valence-electron chi connectivity index (χ3n) is 4.60. The highest BCUT2D eigenvalue weighted by molar-refractivity contribution is 5.90. The highest BCUT2D eigenvalue weighted by atomic mass is 16.5. The van der Waals surface area contributed by atoms with Crippen molar-refractivity contribution in [3.05, 3.63) is 96.1 Å². The number of aryl methyl sites for hydroxylation is 2. The minimum Gasteiger partial charge on any atom is -0.457 e. The number of para-hydroxylation sites is 1. The molecule has 0 aliphatic rings. The van der Waals surface area contributed by atoms with E-state index in [0.29, 0.717) is 0 Å². The van der Waals surface area contributed by atoms with Gasteiger partial charge in [-0.1, -0.05) is 54.6 Å². The van der Waals surface area contributed by atoms with Gasteiger partial charge in [-0.2, -0.15) is 0 Å². The lowest BCUT2D eigenvalue weighted by Gasteiger charge is -2.12. The van der Waals surface area contributed by atoms with Crippen LogP contribution in [-0.2, 0) is 0 Å². The van der Waals surface area contributed by atoms with Crippen LogP contribution in [0, 0.1) is 13.8 Å². The van der Waals surface area contributed by atoms with Gasteiger partial charge in [0.15, 0.2) is 0 Å². The van der Waals surface area contributed by atoms with E-state index in [1.165, 1.54) is 33.0 Å². The number of ether oxygens (including phenoxy) is 1. The van der Waals surface area contributed by atoms with Crippen LogP contribution in [0.25, 0.3) is 21.9 Å². The molecular formula is C24H20O. The van der Waals surface area contributed by atoms with Crippen molar-refractivity contribution in [1.82, 2.24) is 0 Å². The van der Waals surface area contributed by atoms with Crippen molar-refractivity contribution in [3.63, 3.8) is 0 Å². The van der Waals surface area contributed by atoms with Crippen molar-refractivity contribution in [2.45, 2.75) is 13.8 Å². The summed E-state index contributed by atoms with van der Waals surface area (Å²) >= 11 is 0. The normalized spacial score (nSPS) is 10.8. The summed E-state index contributed by atoms with van der Waals surface area (Å²) < 4.78 is 6.00. The van der Waals surface area contributed by atoms with E-state index in [1.807, 2.05) is 36.4 Å². The van der Waals surface area contributed by atoms with Gasteiger partial charge in [-0.15, -0.1) is 0 Å². The quantitative estimate of drug-likeness (QED) is 0.397. The summed E-state index contributed by atoms with van der Waals surface area (Å²) in [7, 11) is 0. The van der Waals surface area contributed by atoms with Crippen LogP contribution in [-0.4, -0.2) is 0 Å². The molecule has 0 aliphatic carbocycles. The molecule has 0 saturated heterocycles. The lowest BCUT2D eigenvalue weighted by molar-refractivity contribution is 0.483. The summed E-state index contributed by atoms with van der Waals surface area (Å²) in [5, 5.41) is 2.58. The largest absolute Gasteiger partial charge is 0.457 e. The Morgan fingerprint density at radius 1 is 0.600 bits per heavy atom. The average Bonchev–Trinajstić information content (AvgIpc) is 2.64. The van der Waals surface area contributed by atoms with Crippen molar-refractivity contribution in [2.24, 2.45) is 0 Å². The number of benzene rings is 4. The maximum absolute atomic E-state index is 6.00. The molecule has 0 unspecified atom stereocenters. The Labute approximate surface area is 148 Å². The van der Waals surface area contributed by atoms with Crippen molar-refractivity contribution < 1.29 is 4.74 Å². The van der Waals surface area contributed by atoms with E-state index in [-0.39, 0.29) is 0 Å². The molecule has 4 aromatic rings. The minimum atomic E-state index is 0.853. The zero-order chi connectivity index (χ0) is 17.2. The third kappa shape index (κ3) is 3.14. The first-order chi connectivity index (χ1) is 12.2. The standard InChI is InChI=1S/C24H20O/c1-17-7-6-8-19-15-20(12-14-23(17)19)24-16-22(13-11-18(24)2)25-21-9-4-3-5-10-21/h3-16H,1-2H3. The van der Waals surface area contributed by atoms with Crippen LogP contribution < -0.4 is 4.74 Å². The smallest absolute Gasteiger partial charge is 0.128 e. The van der Waals surface area contributed by atoms with E-state index < -0.39 is 0 Å². The zero-order valence-electron chi connectivity index (χ0n) is 14.5. The maximum atomic E-state index is 6.00. The molecule has 122 valence electrons. The molecule has 0 aromatic heterocycles. The van der Waals surface area contributed by atoms with Crippen LogP contribution in [0.1, 0.15) is 11.1 Å². The van der Waals surface area contributed by atoms with Crippen LogP contribution in [0.2, 0.25) is 0 Å². The molecule has 0 heterocycles. The number of hydrogen-bond donors (Lipinski definition) is 0. The second-order valence-corrected chi connectivity index (χ2v) is 6.40. The minimum absolute atomic E-state index is 0.853. The van der Waals surface area contributed by atoms with Crippen molar-refractivity contribution >= 4 is 10.8 Å². The molecule has 0 N–H and O–H groups in total. The predicted octanol–water partition coefficient (Wildman–Crippen LogP) is 6.92. The highest BCUT2D eigenvalue weighted by Gasteiger charge is 2.07. The van der Waals surface area contributed by atoms with Gasteiger partial charge in [0.25, 0.3) is 0 Å². The molecule has 0 bridgehead atoms. The lowest BCUT2D eigenvalue weighted by Crippen LogP contribution is -1.88. The zero-order valence-corrected chi connectivity index (χ0v) is 14.5. The van der Waals surface area contributed by atoms with Crippen LogP contribution in [0.4, 0.5) is 0 Å². The first-order valence-electron chi connectivity index (χ1n) is 8.54. The van der Waals surface area contributed by atoms with Crippen molar-refractivity contribution in [3.8, 4) is 22.6 Å². The van der Waals surface area contributed by atoms with Crippen LogP contribution >= 0.6 is 0 Å². The SMILES string of the molecule is Cc1ccc(Oc2ccccc2)cc1-c1ccc2c(C)cccc2c1. The second kappa shape index (κ2) is 6.45. The van der Waals surface area contributed by atoms with Gasteiger partial charge in [-0.05, 0) is 77.2 Å². The Morgan fingerprint density at radius 2 is 1.44 bits per heavy atom. The molecule has 25 heavy (non-hydrogen) atoms. The topological polar surface area (TPSA) is 9.23 Å². The molecule has 0 atom stereocenters. The fourth-order valence-corrected chi connectivity index (χ4v) is 3.21. The van der Waals surface area contributed by atoms with Gasteiger partial charge in [0, 0.05) is 0 Å². The summed E-state index contributed by atoms with van der Waals surface area (Å²) in [6.45, 7) is 4.30. The van der Waals surface area contributed by atoms with Gasteiger partial charge in [-0.25, -0.2) is 0 Å². The van der Waals surface area contributed by atoms with Crippen LogP contribution in [0.3, 0.4) is 0 Å². The third-order valence-corrected chi connectivity index (χ3v) is 4.60. The molecule has 1 nitrogen and oxygen atoms in total. The van der Waals surface area contributed by atoms with Gasteiger partial charge in [0.05, 0.1) is 0 Å². The predicted molar refractivity (Wildman–Crippen MR) is 105 cm³/mol. The number of hydrogen-bond acceptors (Lipinski definition) is 1. The number of rotatable bonds is 3. The molecular weight excluding hydrogens is 304 g/mol. The Hall–Kier alpha value is -3.06. The molecule has 0 spiro atoms. The Bertz CT molecular complexity index is 1030. The van der Waals surface area contributed by atoms with Crippen LogP contribution in [0.15, 0.2) is 84.9 Å². The van der Waals surface area contributed by atoms with E-state index >= 15 is 0 Å². The van der Waals surface area contributed by atoms with Crippen LogP contribution in [0.5, 0.6) is 11.5 Å². The summed E-state index contributed by atoms with van der Waals surface area (Å²) in [6, 6.07) is 29.3. The molecule has 0 saturated carbocycles. The second-order valence-electron chi connectivity index (χ2n) is 6.40. The van der Waals surface area contributed by atoms with E-state index in [1.54, 1.807) is 0 Å². The molecule has 0 radical (unpaired) electrons. The molecule has 0 amide bonds. The van der Waals surface area contributed by atoms with Gasteiger partial charge < -0.3 is 4.74 Å². The summed E-state index contributed by atoms with van der Waals surface area (Å²) in [5.74, 6) is 1.71. The fourth-order valence-electron chi connectivity index (χ4n) is 3.21. The molecule has 4 aromatic carbocycles. The monoisotopic (exact) mass is 324 g/mol. The van der Waals surface area contributed by atoms with Gasteiger partial charge >= 0.3 is 0 Å². The van der Waals surface area contributed by atoms with Gasteiger partial charge in [0.2, 0.25) is 0 Å². The first-order valence-corrected chi connectivity index (χ1v) is 8.54. The molecule has 0 fully saturated rings. The summed E-state index contributed by atoms with van der Waals surface area (Å²) in [4.78, 5) is 0. The molecule has 0 aliphatic heterocycles. The van der Waals surface area contributed by atoms with E-state index in [2.05, 4.69) is 62.4 Å². The Morgan fingerprint density at radius 3 is 2.28 bits per heavy atom. The lowest BCUT2D eigenvalue weighted by atomic mass is 9.96. The van der Waals surface area contributed by atoms with Gasteiger partial charge in [-0.3, -0.25) is 0 Å². The van der Waals surface area contributed by atoms with Crippen molar-refractivity contribution in [1.29, 1.82) is 0 Å². The van der Waals surface area contributed by atoms with Gasteiger partial charge in [0.1, 0.15) is 11.5 Å². The average molecular weight is 324 g/mol. The maximum Gasteiger partial charge on any atom is 0.128 e. The fraction of sp³-hybridized carbons (Fsp3) is 0.0833. The van der Waals surface area contributed by atoms with Crippen molar-refractivity contribution in [2.75, 3.05) is 0 Å². The summed E-state index contributed by atoms with van der Waals surface area (Å²) in [5.41, 5.74) is 4.97. The first kappa shape index (κ1) is 15.5. The Kier molecular flexibility index (Phi) is 3.99. The van der Waals surface area contributed by atoms with E-state index in [0.717, 1.165) is 11.5 Å².